The normalized spacial score (nSPS) is 18.2. The van der Waals surface area contributed by atoms with Crippen LogP contribution in [0.25, 0.3) is 0 Å². The lowest BCUT2D eigenvalue weighted by Crippen LogP contribution is -2.29. The molecule has 0 radical (unpaired) electrons. The zero-order valence-electron chi connectivity index (χ0n) is 13.6. The largest absolute Gasteiger partial charge is 0.508 e. The molecule has 0 aliphatic heterocycles. The van der Waals surface area contributed by atoms with Gasteiger partial charge in [0.15, 0.2) is 0 Å². The Bertz CT molecular complexity index is 1100. The van der Waals surface area contributed by atoms with Crippen LogP contribution in [0.3, 0.4) is 0 Å². The van der Waals surface area contributed by atoms with Crippen LogP contribution >= 0.6 is 0 Å². The minimum atomic E-state index is -0.378. The SMILES string of the molecule is N#Cc1cccc2c1C1c3cccc(C#N)c3C2c2c(O)ccc(O)c21. The molecule has 0 saturated heterocycles. The summed E-state index contributed by atoms with van der Waals surface area (Å²) in [6.45, 7) is 0. The lowest BCUT2D eigenvalue weighted by Gasteiger charge is -2.43. The van der Waals surface area contributed by atoms with Crippen molar-refractivity contribution < 1.29 is 10.2 Å². The van der Waals surface area contributed by atoms with Crippen LogP contribution in [0.1, 0.15) is 56.3 Å². The van der Waals surface area contributed by atoms with Gasteiger partial charge in [0.25, 0.3) is 0 Å². The van der Waals surface area contributed by atoms with Crippen molar-refractivity contribution in [2.45, 2.75) is 11.8 Å². The van der Waals surface area contributed by atoms with E-state index in [1.165, 1.54) is 12.1 Å². The molecule has 0 heterocycles. The number of hydrogen-bond donors (Lipinski definition) is 2. The first-order valence-electron chi connectivity index (χ1n) is 8.28. The summed E-state index contributed by atoms with van der Waals surface area (Å²) in [6.07, 6.45) is 0. The van der Waals surface area contributed by atoms with E-state index < -0.39 is 0 Å². The maximum Gasteiger partial charge on any atom is 0.120 e. The second-order valence-corrected chi connectivity index (χ2v) is 6.64. The van der Waals surface area contributed by atoms with Gasteiger partial charge in [0.1, 0.15) is 11.5 Å². The van der Waals surface area contributed by atoms with Crippen molar-refractivity contribution in [3.63, 3.8) is 0 Å². The molecule has 0 amide bonds. The average Bonchev–Trinajstić information content (AvgIpc) is 2.69. The number of benzene rings is 3. The van der Waals surface area contributed by atoms with E-state index in [1.54, 1.807) is 12.1 Å². The molecule has 4 heteroatoms. The van der Waals surface area contributed by atoms with Gasteiger partial charge in [-0.15, -0.1) is 0 Å². The predicted octanol–water partition coefficient (Wildman–Crippen LogP) is 3.83. The fourth-order valence-corrected chi connectivity index (χ4v) is 4.64. The van der Waals surface area contributed by atoms with Crippen LogP contribution < -0.4 is 0 Å². The van der Waals surface area contributed by atoms with Gasteiger partial charge in [0.05, 0.1) is 23.3 Å². The van der Waals surface area contributed by atoms with Gasteiger partial charge in [-0.3, -0.25) is 0 Å². The van der Waals surface area contributed by atoms with Gasteiger partial charge in [-0.1, -0.05) is 24.3 Å². The second-order valence-electron chi connectivity index (χ2n) is 6.64. The van der Waals surface area contributed by atoms with Crippen LogP contribution in [0, 0.1) is 22.7 Å². The molecule has 26 heavy (non-hydrogen) atoms. The van der Waals surface area contributed by atoms with Crippen LogP contribution in [0.4, 0.5) is 0 Å². The van der Waals surface area contributed by atoms with Crippen LogP contribution in [-0.2, 0) is 0 Å². The van der Waals surface area contributed by atoms with E-state index in [0.717, 1.165) is 22.3 Å². The molecule has 3 aromatic carbocycles. The second kappa shape index (κ2) is 4.88. The Hall–Kier alpha value is -3.76. The molecule has 3 aliphatic carbocycles. The van der Waals surface area contributed by atoms with Gasteiger partial charge >= 0.3 is 0 Å². The number of hydrogen-bond acceptors (Lipinski definition) is 4. The van der Waals surface area contributed by atoms with Crippen molar-refractivity contribution in [1.82, 2.24) is 0 Å². The molecule has 0 fully saturated rings. The van der Waals surface area contributed by atoms with Crippen LogP contribution in [-0.4, -0.2) is 10.2 Å². The molecule has 122 valence electrons. The molecule has 3 aromatic rings. The number of rotatable bonds is 0. The molecule has 3 aliphatic rings. The topological polar surface area (TPSA) is 88.0 Å². The van der Waals surface area contributed by atoms with E-state index >= 15 is 0 Å². The summed E-state index contributed by atoms with van der Waals surface area (Å²) >= 11 is 0. The number of phenols is 2. The quantitative estimate of drug-likeness (QED) is 0.421. The molecular weight excluding hydrogens is 324 g/mol. The standard InChI is InChI=1S/C22H12N2O2/c23-9-11-3-1-5-13-17(11)20-14-6-2-4-12(10-24)18(14)19(13)21-15(25)7-8-16(26)22(20)21/h1-8,19-20,25-26H. The van der Waals surface area contributed by atoms with E-state index in [0.29, 0.717) is 22.3 Å². The zero-order chi connectivity index (χ0) is 18.0. The minimum Gasteiger partial charge on any atom is -0.508 e. The molecule has 2 bridgehead atoms. The Labute approximate surface area is 149 Å². The van der Waals surface area contributed by atoms with Crippen LogP contribution in [0.2, 0.25) is 0 Å². The third kappa shape index (κ3) is 1.56. The first kappa shape index (κ1) is 14.6. The summed E-state index contributed by atoms with van der Waals surface area (Å²) in [5.41, 5.74) is 5.92. The fraction of sp³-hybridized carbons (Fsp3) is 0.0909. The lowest BCUT2D eigenvalue weighted by atomic mass is 9.59. The predicted molar refractivity (Wildman–Crippen MR) is 94.0 cm³/mol. The highest BCUT2D eigenvalue weighted by molar-refractivity contribution is 5.76. The first-order chi connectivity index (χ1) is 12.7. The molecule has 2 N–H and O–H groups in total. The molecular formula is C22H12N2O2. The molecule has 0 saturated carbocycles. The number of aromatic hydroxyl groups is 2. The van der Waals surface area contributed by atoms with Crippen LogP contribution in [0.5, 0.6) is 11.5 Å². The van der Waals surface area contributed by atoms with Crippen molar-refractivity contribution in [1.29, 1.82) is 10.5 Å². The van der Waals surface area contributed by atoms with Crippen molar-refractivity contribution in [3.05, 3.63) is 93.0 Å². The lowest BCUT2D eigenvalue weighted by molar-refractivity contribution is 0.440. The van der Waals surface area contributed by atoms with E-state index in [2.05, 4.69) is 12.1 Å². The van der Waals surface area contributed by atoms with E-state index in [4.69, 9.17) is 0 Å². The van der Waals surface area contributed by atoms with E-state index in [-0.39, 0.29) is 23.3 Å². The Kier molecular flexibility index (Phi) is 2.73. The van der Waals surface area contributed by atoms with Crippen molar-refractivity contribution in [2.24, 2.45) is 0 Å². The highest BCUT2D eigenvalue weighted by atomic mass is 16.3. The molecule has 4 nitrogen and oxygen atoms in total. The molecule has 6 rings (SSSR count). The summed E-state index contributed by atoms with van der Waals surface area (Å²) in [7, 11) is 0. The molecule has 0 spiro atoms. The van der Waals surface area contributed by atoms with Gasteiger partial charge in [-0.25, -0.2) is 0 Å². The van der Waals surface area contributed by atoms with Crippen LogP contribution in [0.15, 0.2) is 48.5 Å². The van der Waals surface area contributed by atoms with Crippen molar-refractivity contribution in [3.8, 4) is 23.6 Å². The van der Waals surface area contributed by atoms with Gasteiger partial charge < -0.3 is 10.2 Å². The Morgan fingerprint density at radius 1 is 0.615 bits per heavy atom. The summed E-state index contributed by atoms with van der Waals surface area (Å²) in [4.78, 5) is 0. The fourth-order valence-electron chi connectivity index (χ4n) is 4.64. The highest BCUT2D eigenvalue weighted by Gasteiger charge is 2.46. The molecule has 2 atom stereocenters. The van der Waals surface area contributed by atoms with Gasteiger partial charge in [0, 0.05) is 23.0 Å². The minimum absolute atomic E-state index is 0.0965. The highest BCUT2D eigenvalue weighted by Crippen LogP contribution is 2.60. The van der Waals surface area contributed by atoms with Gasteiger partial charge in [0.2, 0.25) is 0 Å². The third-order valence-corrected chi connectivity index (χ3v) is 5.54. The average molecular weight is 336 g/mol. The Morgan fingerprint density at radius 3 is 1.42 bits per heavy atom. The number of nitriles is 2. The Morgan fingerprint density at radius 2 is 1.04 bits per heavy atom. The third-order valence-electron chi connectivity index (χ3n) is 5.54. The monoisotopic (exact) mass is 336 g/mol. The van der Waals surface area contributed by atoms with Crippen molar-refractivity contribution in [2.75, 3.05) is 0 Å². The summed E-state index contributed by atoms with van der Waals surface area (Å²) in [5.74, 6) is -0.564. The first-order valence-corrected chi connectivity index (χ1v) is 8.28. The van der Waals surface area contributed by atoms with Gasteiger partial charge in [-0.05, 0) is 46.5 Å². The maximum absolute atomic E-state index is 10.6. The number of phenolic OH excluding ortho intramolecular Hbond substituents is 2. The van der Waals surface area contributed by atoms with E-state index in [1.807, 2.05) is 24.3 Å². The summed E-state index contributed by atoms with van der Waals surface area (Å²) in [5, 5.41) is 40.4. The maximum atomic E-state index is 10.6. The van der Waals surface area contributed by atoms with Crippen molar-refractivity contribution >= 4 is 0 Å². The van der Waals surface area contributed by atoms with Gasteiger partial charge in [-0.2, -0.15) is 10.5 Å². The molecule has 2 unspecified atom stereocenters. The molecule has 0 aromatic heterocycles. The number of nitrogens with zero attached hydrogens (tertiary/aromatic N) is 2. The van der Waals surface area contributed by atoms with E-state index in [9.17, 15) is 20.7 Å². The zero-order valence-corrected chi connectivity index (χ0v) is 13.6. The Balaban J connectivity index is 2.00. The summed E-state index contributed by atoms with van der Waals surface area (Å²) in [6, 6.07) is 18.6. The summed E-state index contributed by atoms with van der Waals surface area (Å²) < 4.78 is 0. The smallest absolute Gasteiger partial charge is 0.120 e.